The highest BCUT2D eigenvalue weighted by Crippen LogP contribution is 2.44. The van der Waals surface area contributed by atoms with E-state index in [0.29, 0.717) is 33.9 Å². The number of hydrogen-bond donors (Lipinski definition) is 1. The molecule has 1 saturated heterocycles. The van der Waals surface area contributed by atoms with Crippen LogP contribution in [0.2, 0.25) is 0 Å². The van der Waals surface area contributed by atoms with Crippen molar-refractivity contribution in [2.75, 3.05) is 12.0 Å². The van der Waals surface area contributed by atoms with Gasteiger partial charge in [0.1, 0.15) is 23.3 Å². The lowest BCUT2D eigenvalue weighted by atomic mass is 10.0. The van der Waals surface area contributed by atoms with Crippen molar-refractivity contribution in [2.45, 2.75) is 31.8 Å². The lowest BCUT2D eigenvalue weighted by Gasteiger charge is -2.26. The first kappa shape index (κ1) is 24.5. The van der Waals surface area contributed by atoms with E-state index in [1.165, 1.54) is 24.8 Å². The van der Waals surface area contributed by atoms with Gasteiger partial charge in [-0.25, -0.2) is 0 Å². The largest absolute Gasteiger partial charge is 0.496 e. The molecule has 2 aromatic carbocycles. The summed E-state index contributed by atoms with van der Waals surface area (Å²) in [6, 6.07) is 21.8. The topological polar surface area (TPSA) is 93.7 Å². The summed E-state index contributed by atoms with van der Waals surface area (Å²) in [4.78, 5) is 17.4. The maximum absolute atomic E-state index is 11.2. The number of benzene rings is 2. The molecule has 0 amide bonds. The Morgan fingerprint density at radius 2 is 1.89 bits per heavy atom. The second-order valence-electron chi connectivity index (χ2n) is 9.09. The van der Waals surface area contributed by atoms with E-state index in [0.717, 1.165) is 11.4 Å². The second kappa shape index (κ2) is 10.0. The Morgan fingerprint density at radius 1 is 1.11 bits per heavy atom. The predicted octanol–water partition coefficient (Wildman–Crippen LogP) is 6.56. The SMILES string of the molecule is COc1cc([N+](=O)[O-])ccc1-c1ccc([C@@H]2[C@@H](c3ccccn3)NC(=S)N2c2ccc(C(C)C)cc2)o1. The van der Waals surface area contributed by atoms with Crippen LogP contribution < -0.4 is 15.0 Å². The minimum absolute atomic E-state index is 0.0519. The summed E-state index contributed by atoms with van der Waals surface area (Å²) >= 11 is 5.80. The van der Waals surface area contributed by atoms with Gasteiger partial charge < -0.3 is 19.4 Å². The van der Waals surface area contributed by atoms with Crippen molar-refractivity contribution >= 4 is 28.7 Å². The van der Waals surface area contributed by atoms with Gasteiger partial charge in [0.25, 0.3) is 5.69 Å². The van der Waals surface area contributed by atoms with Crippen LogP contribution in [0.15, 0.2) is 83.4 Å². The van der Waals surface area contributed by atoms with E-state index in [1.54, 1.807) is 12.3 Å². The number of nitrogens with zero attached hydrogens (tertiary/aromatic N) is 3. The maximum atomic E-state index is 11.2. The molecule has 0 unspecified atom stereocenters. The average Bonchev–Trinajstić information content (AvgIpc) is 3.53. The van der Waals surface area contributed by atoms with E-state index in [4.69, 9.17) is 21.4 Å². The lowest BCUT2D eigenvalue weighted by Crippen LogP contribution is -2.29. The highest BCUT2D eigenvalue weighted by atomic mass is 32.1. The van der Waals surface area contributed by atoms with Gasteiger partial charge in [-0.2, -0.15) is 0 Å². The molecule has 8 nitrogen and oxygen atoms in total. The molecule has 4 aromatic rings. The van der Waals surface area contributed by atoms with Crippen LogP contribution >= 0.6 is 12.2 Å². The fourth-order valence-electron chi connectivity index (χ4n) is 4.60. The molecule has 3 heterocycles. The quantitative estimate of drug-likeness (QED) is 0.168. The smallest absolute Gasteiger partial charge is 0.273 e. The molecular weight excluding hydrogens is 488 g/mol. The van der Waals surface area contributed by atoms with Crippen molar-refractivity contribution in [3.63, 3.8) is 0 Å². The van der Waals surface area contributed by atoms with Crippen LogP contribution in [0.5, 0.6) is 5.75 Å². The zero-order chi connectivity index (χ0) is 26.1. The maximum Gasteiger partial charge on any atom is 0.273 e. The first-order chi connectivity index (χ1) is 17.9. The van der Waals surface area contributed by atoms with Crippen LogP contribution in [0.4, 0.5) is 11.4 Å². The van der Waals surface area contributed by atoms with Crippen molar-refractivity contribution in [1.82, 2.24) is 10.3 Å². The van der Waals surface area contributed by atoms with Crippen molar-refractivity contribution in [1.29, 1.82) is 0 Å². The Balaban J connectivity index is 1.58. The molecule has 0 saturated carbocycles. The zero-order valence-electron chi connectivity index (χ0n) is 20.6. The summed E-state index contributed by atoms with van der Waals surface area (Å²) < 4.78 is 11.8. The summed E-state index contributed by atoms with van der Waals surface area (Å²) in [6.45, 7) is 4.32. The van der Waals surface area contributed by atoms with E-state index in [1.807, 2.05) is 30.3 Å². The number of nitro groups is 1. The molecule has 0 aliphatic carbocycles. The van der Waals surface area contributed by atoms with Gasteiger partial charge in [-0.05, 0) is 66.2 Å². The van der Waals surface area contributed by atoms with Gasteiger partial charge >= 0.3 is 0 Å². The summed E-state index contributed by atoms with van der Waals surface area (Å²) in [5, 5.41) is 15.2. The third-order valence-corrected chi connectivity index (χ3v) is 6.83. The number of methoxy groups -OCH3 is 1. The van der Waals surface area contributed by atoms with Crippen molar-refractivity contribution in [3.05, 3.63) is 106 Å². The third kappa shape index (κ3) is 4.65. The molecule has 188 valence electrons. The molecule has 1 fully saturated rings. The van der Waals surface area contributed by atoms with Gasteiger partial charge in [0.15, 0.2) is 5.11 Å². The molecule has 1 aliphatic heterocycles. The van der Waals surface area contributed by atoms with E-state index in [-0.39, 0.29) is 17.8 Å². The monoisotopic (exact) mass is 514 g/mol. The minimum Gasteiger partial charge on any atom is -0.496 e. The molecule has 5 rings (SSSR count). The summed E-state index contributed by atoms with van der Waals surface area (Å²) in [5.41, 5.74) is 3.59. The molecule has 2 aromatic heterocycles. The molecule has 0 spiro atoms. The fourth-order valence-corrected chi connectivity index (χ4v) is 4.94. The Bertz CT molecular complexity index is 1440. The standard InChI is InChI=1S/C28H26N4O4S/c1-17(2)18-7-9-19(10-8-18)31-27(26(30-28(31)37)22-6-4-5-15-29-22)24-14-13-23(36-24)21-12-11-20(32(33)34)16-25(21)35-3/h4-17,26-27H,1-3H3,(H,30,37)/t26-,27-/m1/s1. The van der Waals surface area contributed by atoms with Gasteiger partial charge in [0.05, 0.1) is 35.4 Å². The number of ether oxygens (including phenoxy) is 1. The van der Waals surface area contributed by atoms with E-state index < -0.39 is 4.92 Å². The average molecular weight is 515 g/mol. The van der Waals surface area contributed by atoms with Gasteiger partial charge in [-0.1, -0.05) is 32.0 Å². The fraction of sp³-hybridized carbons (Fsp3) is 0.214. The van der Waals surface area contributed by atoms with Crippen molar-refractivity contribution in [2.24, 2.45) is 0 Å². The van der Waals surface area contributed by atoms with Crippen LogP contribution in [-0.4, -0.2) is 22.1 Å². The first-order valence-electron chi connectivity index (χ1n) is 11.9. The number of rotatable bonds is 7. The number of nitro benzene ring substituents is 1. The Kier molecular flexibility index (Phi) is 6.62. The molecular formula is C28H26N4O4S. The Hall–Kier alpha value is -4.24. The third-order valence-electron chi connectivity index (χ3n) is 6.52. The van der Waals surface area contributed by atoms with Gasteiger partial charge in [-0.3, -0.25) is 15.1 Å². The van der Waals surface area contributed by atoms with Crippen LogP contribution in [0, 0.1) is 10.1 Å². The molecule has 9 heteroatoms. The highest BCUT2D eigenvalue weighted by molar-refractivity contribution is 7.80. The van der Waals surface area contributed by atoms with Gasteiger partial charge in [-0.15, -0.1) is 0 Å². The number of aromatic nitrogens is 1. The molecule has 37 heavy (non-hydrogen) atoms. The molecule has 0 radical (unpaired) electrons. The number of pyridine rings is 1. The minimum atomic E-state index is -0.453. The summed E-state index contributed by atoms with van der Waals surface area (Å²) in [7, 11) is 1.48. The number of thiocarbonyl (C=S) groups is 1. The van der Waals surface area contributed by atoms with Crippen LogP contribution in [0.3, 0.4) is 0 Å². The highest BCUT2D eigenvalue weighted by Gasteiger charge is 2.42. The van der Waals surface area contributed by atoms with Gasteiger partial charge in [0.2, 0.25) is 0 Å². The van der Waals surface area contributed by atoms with Crippen molar-refractivity contribution < 1.29 is 14.1 Å². The normalized spacial score (nSPS) is 17.2. The molecule has 1 aliphatic rings. The van der Waals surface area contributed by atoms with Crippen LogP contribution in [-0.2, 0) is 0 Å². The van der Waals surface area contributed by atoms with Crippen LogP contribution in [0.25, 0.3) is 11.3 Å². The molecule has 1 N–H and O–H groups in total. The summed E-state index contributed by atoms with van der Waals surface area (Å²) in [5.74, 6) is 1.98. The summed E-state index contributed by atoms with van der Waals surface area (Å²) in [6.07, 6.45) is 1.76. The number of anilines is 1. The van der Waals surface area contributed by atoms with E-state index in [9.17, 15) is 10.1 Å². The molecule has 2 atom stereocenters. The van der Waals surface area contributed by atoms with E-state index in [2.05, 4.69) is 53.3 Å². The number of nitrogens with one attached hydrogen (secondary N) is 1. The van der Waals surface area contributed by atoms with Crippen molar-refractivity contribution in [3.8, 4) is 17.1 Å². The predicted molar refractivity (Wildman–Crippen MR) is 146 cm³/mol. The zero-order valence-corrected chi connectivity index (χ0v) is 21.4. The number of hydrogen-bond acceptors (Lipinski definition) is 6. The molecule has 0 bridgehead atoms. The Morgan fingerprint density at radius 3 is 2.54 bits per heavy atom. The second-order valence-corrected chi connectivity index (χ2v) is 9.47. The van der Waals surface area contributed by atoms with Crippen LogP contribution in [0.1, 0.15) is 48.9 Å². The van der Waals surface area contributed by atoms with Gasteiger partial charge in [0, 0.05) is 18.0 Å². The number of non-ortho nitro benzene ring substituents is 1. The first-order valence-corrected chi connectivity index (χ1v) is 12.3. The lowest BCUT2D eigenvalue weighted by molar-refractivity contribution is -0.384. The van der Waals surface area contributed by atoms with E-state index >= 15 is 0 Å². The Labute approximate surface area is 220 Å². The number of furan rings is 1.